The van der Waals surface area contributed by atoms with E-state index in [-0.39, 0.29) is 0 Å². The highest BCUT2D eigenvalue weighted by atomic mass is 16.5. The third-order valence-electron chi connectivity index (χ3n) is 2.69. The minimum Gasteiger partial charge on any atom is -0.497 e. The van der Waals surface area contributed by atoms with Crippen LogP contribution in [0.15, 0.2) is 30.5 Å². The van der Waals surface area contributed by atoms with Gasteiger partial charge in [0.15, 0.2) is 0 Å². The van der Waals surface area contributed by atoms with E-state index in [2.05, 4.69) is 15.6 Å². The summed E-state index contributed by atoms with van der Waals surface area (Å²) in [7, 11) is 1.64. The molecule has 19 heavy (non-hydrogen) atoms. The lowest BCUT2D eigenvalue weighted by Crippen LogP contribution is -2.33. The number of nitrogens with two attached hydrogens (primary N) is 1. The molecule has 1 aromatic heterocycles. The van der Waals surface area contributed by atoms with E-state index in [1.54, 1.807) is 13.3 Å². The van der Waals surface area contributed by atoms with E-state index in [9.17, 15) is 4.79 Å². The number of fused-ring (bicyclic) bond motifs is 1. The van der Waals surface area contributed by atoms with Crippen molar-refractivity contribution in [1.82, 2.24) is 10.3 Å². The number of aromatic nitrogens is 1. The van der Waals surface area contributed by atoms with E-state index in [4.69, 9.17) is 10.5 Å². The predicted molar refractivity (Wildman–Crippen MR) is 74.4 cm³/mol. The lowest BCUT2D eigenvalue weighted by molar-refractivity contribution is 0.249. The van der Waals surface area contributed by atoms with Gasteiger partial charge in [-0.3, -0.25) is 0 Å². The molecule has 2 amide bonds. The Morgan fingerprint density at radius 3 is 2.95 bits per heavy atom. The third-order valence-corrected chi connectivity index (χ3v) is 2.69. The second kappa shape index (κ2) is 5.90. The maximum absolute atomic E-state index is 10.5. The van der Waals surface area contributed by atoms with Gasteiger partial charge in [0.05, 0.1) is 7.11 Å². The summed E-state index contributed by atoms with van der Waals surface area (Å²) in [5.74, 6) is 1.58. The smallest absolute Gasteiger partial charge is 0.312 e. The van der Waals surface area contributed by atoms with Crippen LogP contribution in [-0.4, -0.2) is 31.2 Å². The number of hydrogen-bond donors (Lipinski definition) is 3. The molecule has 0 saturated carbocycles. The highest BCUT2D eigenvalue weighted by Crippen LogP contribution is 2.24. The number of pyridine rings is 1. The van der Waals surface area contributed by atoms with Crippen LogP contribution in [-0.2, 0) is 0 Å². The maximum Gasteiger partial charge on any atom is 0.312 e. The number of rotatable bonds is 5. The molecule has 6 heteroatoms. The Hall–Kier alpha value is -2.50. The van der Waals surface area contributed by atoms with Gasteiger partial charge in [0, 0.05) is 24.7 Å². The fourth-order valence-corrected chi connectivity index (χ4v) is 1.79. The van der Waals surface area contributed by atoms with Crippen molar-refractivity contribution < 1.29 is 9.53 Å². The molecule has 1 aromatic carbocycles. The highest BCUT2D eigenvalue weighted by molar-refractivity contribution is 5.92. The van der Waals surface area contributed by atoms with E-state index in [1.807, 2.05) is 24.3 Å². The van der Waals surface area contributed by atoms with Gasteiger partial charge in [0.2, 0.25) is 0 Å². The van der Waals surface area contributed by atoms with Crippen LogP contribution in [0.25, 0.3) is 10.8 Å². The van der Waals surface area contributed by atoms with Gasteiger partial charge >= 0.3 is 6.03 Å². The number of urea groups is 1. The van der Waals surface area contributed by atoms with Crippen LogP contribution < -0.4 is 21.1 Å². The summed E-state index contributed by atoms with van der Waals surface area (Å²) >= 11 is 0. The van der Waals surface area contributed by atoms with Gasteiger partial charge < -0.3 is 21.1 Å². The first-order valence-corrected chi connectivity index (χ1v) is 5.90. The summed E-state index contributed by atoms with van der Waals surface area (Å²) in [5.41, 5.74) is 4.99. The van der Waals surface area contributed by atoms with Crippen LogP contribution >= 0.6 is 0 Å². The molecule has 100 valence electrons. The monoisotopic (exact) mass is 260 g/mol. The predicted octanol–water partition coefficient (Wildman–Crippen LogP) is 1.32. The Morgan fingerprint density at radius 1 is 1.37 bits per heavy atom. The summed E-state index contributed by atoms with van der Waals surface area (Å²) in [6, 6.07) is 7.17. The highest BCUT2D eigenvalue weighted by Gasteiger charge is 2.03. The van der Waals surface area contributed by atoms with Gasteiger partial charge in [-0.2, -0.15) is 0 Å². The van der Waals surface area contributed by atoms with Gasteiger partial charge in [0.1, 0.15) is 11.6 Å². The number of anilines is 1. The van der Waals surface area contributed by atoms with Crippen molar-refractivity contribution in [3.63, 3.8) is 0 Å². The van der Waals surface area contributed by atoms with Gasteiger partial charge in [-0.05, 0) is 29.7 Å². The average Bonchev–Trinajstić information content (AvgIpc) is 2.42. The summed E-state index contributed by atoms with van der Waals surface area (Å²) in [5, 5.41) is 7.71. The molecule has 6 nitrogen and oxygen atoms in total. The second-order valence-corrected chi connectivity index (χ2v) is 3.96. The Morgan fingerprint density at radius 2 is 2.21 bits per heavy atom. The largest absolute Gasteiger partial charge is 0.497 e. The number of methoxy groups -OCH3 is 1. The molecule has 0 aliphatic rings. The molecule has 0 aliphatic carbocycles. The Bertz CT molecular complexity index is 586. The molecule has 0 radical (unpaired) electrons. The number of ether oxygens (including phenoxy) is 1. The van der Waals surface area contributed by atoms with Crippen molar-refractivity contribution in [3.8, 4) is 5.75 Å². The lowest BCUT2D eigenvalue weighted by Gasteiger charge is -2.09. The zero-order valence-electron chi connectivity index (χ0n) is 10.6. The van der Waals surface area contributed by atoms with Crippen LogP contribution in [0.2, 0.25) is 0 Å². The van der Waals surface area contributed by atoms with Crippen LogP contribution in [0.4, 0.5) is 10.6 Å². The summed E-state index contributed by atoms with van der Waals surface area (Å²) in [6.45, 7) is 1.00. The fraction of sp³-hybridized carbons (Fsp3) is 0.231. The molecule has 0 unspecified atom stereocenters. The number of carbonyl (C=O) groups excluding carboxylic acids is 1. The molecule has 0 atom stereocenters. The SMILES string of the molecule is COc1ccc2c(NCCNC(N)=O)nccc2c1. The van der Waals surface area contributed by atoms with Crippen molar-refractivity contribution in [2.75, 3.05) is 25.5 Å². The normalized spacial score (nSPS) is 10.2. The Balaban J connectivity index is 2.12. The summed E-state index contributed by atoms with van der Waals surface area (Å²) < 4.78 is 5.18. The summed E-state index contributed by atoms with van der Waals surface area (Å²) in [6.07, 6.45) is 1.73. The molecule has 0 spiro atoms. The molecule has 0 aliphatic heterocycles. The van der Waals surface area contributed by atoms with Crippen LogP contribution in [0.3, 0.4) is 0 Å². The molecule has 0 saturated heterocycles. The Kier molecular flexibility index (Phi) is 4.02. The van der Waals surface area contributed by atoms with E-state index in [0.717, 1.165) is 22.3 Å². The molecule has 2 aromatic rings. The minimum atomic E-state index is -0.530. The maximum atomic E-state index is 10.5. The van der Waals surface area contributed by atoms with Crippen molar-refractivity contribution in [3.05, 3.63) is 30.5 Å². The standard InChI is InChI=1S/C13H16N4O2/c1-19-10-2-3-11-9(8-10)4-5-15-12(11)16-6-7-17-13(14)18/h2-5,8H,6-7H2,1H3,(H,15,16)(H3,14,17,18). The average molecular weight is 260 g/mol. The number of hydrogen-bond acceptors (Lipinski definition) is 4. The minimum absolute atomic E-state index is 0.448. The van der Waals surface area contributed by atoms with Crippen molar-refractivity contribution in [1.29, 1.82) is 0 Å². The molecular weight excluding hydrogens is 244 g/mol. The van der Waals surface area contributed by atoms with Crippen molar-refractivity contribution >= 4 is 22.6 Å². The number of amides is 2. The number of carbonyl (C=O) groups is 1. The van der Waals surface area contributed by atoms with Gasteiger partial charge in [-0.25, -0.2) is 9.78 Å². The van der Waals surface area contributed by atoms with E-state index >= 15 is 0 Å². The van der Waals surface area contributed by atoms with E-state index < -0.39 is 6.03 Å². The van der Waals surface area contributed by atoms with E-state index in [0.29, 0.717) is 13.1 Å². The summed E-state index contributed by atoms with van der Waals surface area (Å²) in [4.78, 5) is 14.8. The number of benzene rings is 1. The van der Waals surface area contributed by atoms with Crippen LogP contribution in [0.1, 0.15) is 0 Å². The fourth-order valence-electron chi connectivity index (χ4n) is 1.79. The first kappa shape index (κ1) is 12.9. The first-order chi connectivity index (χ1) is 9.20. The number of primary amides is 1. The molecule has 4 N–H and O–H groups in total. The lowest BCUT2D eigenvalue weighted by atomic mass is 10.1. The molecule has 1 heterocycles. The van der Waals surface area contributed by atoms with Crippen molar-refractivity contribution in [2.24, 2.45) is 5.73 Å². The molecule has 0 fully saturated rings. The quantitative estimate of drug-likeness (QED) is 0.707. The van der Waals surface area contributed by atoms with Crippen LogP contribution in [0, 0.1) is 0 Å². The van der Waals surface area contributed by atoms with Crippen molar-refractivity contribution in [2.45, 2.75) is 0 Å². The van der Waals surface area contributed by atoms with Gasteiger partial charge in [-0.15, -0.1) is 0 Å². The molecular formula is C13H16N4O2. The van der Waals surface area contributed by atoms with Gasteiger partial charge in [0.25, 0.3) is 0 Å². The van der Waals surface area contributed by atoms with Crippen LogP contribution in [0.5, 0.6) is 5.75 Å². The molecule has 0 bridgehead atoms. The Labute approximate surface area is 111 Å². The third kappa shape index (κ3) is 3.25. The zero-order chi connectivity index (χ0) is 13.7. The second-order valence-electron chi connectivity index (χ2n) is 3.96. The van der Waals surface area contributed by atoms with E-state index in [1.165, 1.54) is 0 Å². The zero-order valence-corrected chi connectivity index (χ0v) is 10.6. The first-order valence-electron chi connectivity index (χ1n) is 5.90. The number of nitrogens with zero attached hydrogens (tertiary/aromatic N) is 1. The number of nitrogens with one attached hydrogen (secondary N) is 2. The van der Waals surface area contributed by atoms with Gasteiger partial charge in [-0.1, -0.05) is 0 Å². The molecule has 2 rings (SSSR count). The topological polar surface area (TPSA) is 89.3 Å².